The number of carbonyl (C=O) groups excluding carboxylic acids is 2. The fourth-order valence-corrected chi connectivity index (χ4v) is 1.64. The molecule has 2 rings (SSSR count). The maximum Gasteiger partial charge on any atom is 0.214 e. The number of nitrogens with zero attached hydrogens (tertiary/aromatic N) is 3. The number of halogens is 1. The number of H-pyrrole nitrogens is 1. The first-order valence-electron chi connectivity index (χ1n) is 4.25. The highest BCUT2D eigenvalue weighted by molar-refractivity contribution is 9.10. The molecule has 7 nitrogen and oxygen atoms in total. The average molecular weight is 284 g/mol. The van der Waals surface area contributed by atoms with Crippen LogP contribution in [0.3, 0.4) is 0 Å². The van der Waals surface area contributed by atoms with E-state index in [0.29, 0.717) is 15.9 Å². The highest BCUT2D eigenvalue weighted by Crippen LogP contribution is 2.10. The average Bonchev–Trinajstić information content (AvgIpc) is 2.65. The van der Waals surface area contributed by atoms with Gasteiger partial charge in [-0.1, -0.05) is 0 Å². The van der Waals surface area contributed by atoms with Crippen molar-refractivity contribution in [3.63, 3.8) is 0 Å². The number of aromatic nitrogens is 4. The van der Waals surface area contributed by atoms with Crippen LogP contribution >= 0.6 is 15.9 Å². The lowest BCUT2D eigenvalue weighted by atomic mass is 10.4. The fraction of sp³-hybridized carbons (Fsp3) is 0.125. The van der Waals surface area contributed by atoms with Gasteiger partial charge in [0.05, 0.1) is 12.9 Å². The van der Waals surface area contributed by atoms with E-state index in [0.717, 1.165) is 0 Å². The fourth-order valence-electron chi connectivity index (χ4n) is 1.28. The van der Waals surface area contributed by atoms with Crippen molar-refractivity contribution in [2.45, 2.75) is 6.54 Å². The summed E-state index contributed by atoms with van der Waals surface area (Å²) in [6, 6.07) is 0. The van der Waals surface area contributed by atoms with Crippen LogP contribution in [0.15, 0.2) is 11.1 Å². The molecular weight excluding hydrogens is 278 g/mol. The van der Waals surface area contributed by atoms with Crippen molar-refractivity contribution in [3.05, 3.63) is 16.5 Å². The molecule has 0 saturated heterocycles. The van der Waals surface area contributed by atoms with Crippen LogP contribution in [-0.4, -0.2) is 31.6 Å². The van der Waals surface area contributed by atoms with Gasteiger partial charge in [-0.05, 0) is 15.9 Å². The molecule has 82 valence electrons. The molecule has 0 spiro atoms. The predicted molar refractivity (Wildman–Crippen MR) is 56.5 cm³/mol. The number of rotatable bonds is 3. The number of Topliss-reactive ketones (excluding diaryl/α,β-unsaturated/α-hetero) is 1. The van der Waals surface area contributed by atoms with Crippen molar-refractivity contribution >= 4 is 39.2 Å². The molecule has 0 aliphatic rings. The molecule has 0 aliphatic heterocycles. The number of fused-ring (bicyclic) bond motifs is 1. The maximum atomic E-state index is 11.0. The quantitative estimate of drug-likeness (QED) is 0.461. The molecule has 2 aromatic rings. The summed E-state index contributed by atoms with van der Waals surface area (Å²) in [6.07, 6.45) is 1.55. The Labute approximate surface area is 97.2 Å². The van der Waals surface area contributed by atoms with E-state index in [1.807, 2.05) is 0 Å². The zero-order chi connectivity index (χ0) is 11.7. The standard InChI is InChI=1S/C8H6BrN5O2/c9-8-12-5-6(10)11-3-14(7(5)13-8)1-4(16)2-15/h2-3,10H,1H2,(H,12,13). The van der Waals surface area contributed by atoms with Crippen LogP contribution in [0, 0.1) is 5.41 Å². The smallest absolute Gasteiger partial charge is 0.214 e. The maximum absolute atomic E-state index is 11.0. The summed E-state index contributed by atoms with van der Waals surface area (Å²) in [7, 11) is 0. The Balaban J connectivity index is 2.62. The van der Waals surface area contributed by atoms with Crippen molar-refractivity contribution in [1.29, 1.82) is 5.41 Å². The monoisotopic (exact) mass is 283 g/mol. The number of imidazole rings is 1. The van der Waals surface area contributed by atoms with Crippen LogP contribution in [0.1, 0.15) is 0 Å². The number of hydrogen-bond donors (Lipinski definition) is 2. The molecular formula is C8H6BrN5O2. The molecule has 2 N–H and O–H groups in total. The Morgan fingerprint density at radius 1 is 1.69 bits per heavy atom. The number of ketones is 1. The van der Waals surface area contributed by atoms with E-state index in [4.69, 9.17) is 5.41 Å². The Hall–Kier alpha value is -1.83. The van der Waals surface area contributed by atoms with Gasteiger partial charge < -0.3 is 9.55 Å². The number of aromatic amines is 1. The lowest BCUT2D eigenvalue weighted by Gasteiger charge is -2.02. The number of hydrogen-bond acceptors (Lipinski definition) is 5. The van der Waals surface area contributed by atoms with Crippen LogP contribution in [0.25, 0.3) is 11.2 Å². The highest BCUT2D eigenvalue weighted by atomic mass is 79.9. The van der Waals surface area contributed by atoms with E-state index in [1.54, 1.807) is 0 Å². The first kappa shape index (κ1) is 10.7. The molecule has 0 unspecified atom stereocenters. The van der Waals surface area contributed by atoms with E-state index in [2.05, 4.69) is 30.9 Å². The van der Waals surface area contributed by atoms with E-state index in [-0.39, 0.29) is 18.3 Å². The number of carbonyl (C=O) groups is 2. The second kappa shape index (κ2) is 3.97. The van der Waals surface area contributed by atoms with Gasteiger partial charge in [-0.15, -0.1) is 0 Å². The molecule has 0 aliphatic carbocycles. The van der Waals surface area contributed by atoms with Crippen molar-refractivity contribution in [1.82, 2.24) is 19.5 Å². The molecule has 0 saturated carbocycles. The van der Waals surface area contributed by atoms with Gasteiger partial charge in [-0.25, -0.2) is 9.97 Å². The van der Waals surface area contributed by atoms with Gasteiger partial charge in [0.25, 0.3) is 0 Å². The van der Waals surface area contributed by atoms with Crippen LogP contribution in [0.5, 0.6) is 0 Å². The van der Waals surface area contributed by atoms with Gasteiger partial charge in [0, 0.05) is 0 Å². The number of aldehydes is 1. The Morgan fingerprint density at radius 2 is 2.44 bits per heavy atom. The Kier molecular flexibility index (Phi) is 2.65. The second-order valence-electron chi connectivity index (χ2n) is 3.03. The second-order valence-corrected chi connectivity index (χ2v) is 3.78. The third-order valence-corrected chi connectivity index (χ3v) is 2.32. The molecule has 0 atom stereocenters. The number of nitrogens with one attached hydrogen (secondary N) is 2. The van der Waals surface area contributed by atoms with Crippen molar-refractivity contribution in [2.75, 3.05) is 0 Å². The minimum Gasteiger partial charge on any atom is -0.328 e. The van der Waals surface area contributed by atoms with Crippen LogP contribution in [-0.2, 0) is 16.1 Å². The predicted octanol–water partition coefficient (Wildman–Crippen LogP) is -0.231. The van der Waals surface area contributed by atoms with Crippen molar-refractivity contribution in [3.8, 4) is 0 Å². The summed E-state index contributed by atoms with van der Waals surface area (Å²) in [5.41, 5.74) is 0.846. The van der Waals surface area contributed by atoms with Gasteiger partial charge in [0.15, 0.2) is 22.2 Å². The van der Waals surface area contributed by atoms with Crippen LogP contribution in [0.4, 0.5) is 0 Å². The first-order valence-corrected chi connectivity index (χ1v) is 5.04. The van der Waals surface area contributed by atoms with Gasteiger partial charge in [-0.3, -0.25) is 15.0 Å². The minimum absolute atomic E-state index is 0.0306. The lowest BCUT2D eigenvalue weighted by molar-refractivity contribution is -0.130. The summed E-state index contributed by atoms with van der Waals surface area (Å²) < 4.78 is 1.85. The summed E-state index contributed by atoms with van der Waals surface area (Å²) in [6.45, 7) is -0.134. The zero-order valence-corrected chi connectivity index (χ0v) is 9.48. The highest BCUT2D eigenvalue weighted by Gasteiger charge is 2.09. The van der Waals surface area contributed by atoms with Crippen LogP contribution < -0.4 is 5.49 Å². The van der Waals surface area contributed by atoms with Gasteiger partial charge in [0.2, 0.25) is 5.78 Å². The van der Waals surface area contributed by atoms with Gasteiger partial charge in [-0.2, -0.15) is 0 Å². The normalized spacial score (nSPS) is 10.6. The van der Waals surface area contributed by atoms with Crippen molar-refractivity contribution in [2.24, 2.45) is 0 Å². The van der Waals surface area contributed by atoms with E-state index >= 15 is 0 Å². The molecule has 2 aromatic heterocycles. The van der Waals surface area contributed by atoms with E-state index < -0.39 is 5.78 Å². The van der Waals surface area contributed by atoms with Gasteiger partial charge >= 0.3 is 0 Å². The topological polar surface area (TPSA) is 104 Å². The molecule has 0 fully saturated rings. The summed E-state index contributed by atoms with van der Waals surface area (Å²) in [5, 5.41) is 7.53. The van der Waals surface area contributed by atoms with Crippen molar-refractivity contribution < 1.29 is 9.59 Å². The van der Waals surface area contributed by atoms with Gasteiger partial charge in [0.1, 0.15) is 5.52 Å². The molecule has 2 heterocycles. The molecule has 8 heteroatoms. The molecule has 0 amide bonds. The lowest BCUT2D eigenvalue weighted by Crippen LogP contribution is -2.17. The SMILES string of the molecule is N=c1ncn(CC(=O)C=O)c2nc(Br)[nH]c12. The van der Waals surface area contributed by atoms with E-state index in [9.17, 15) is 9.59 Å². The molecule has 0 aromatic carbocycles. The Bertz CT molecular complexity index is 629. The molecule has 16 heavy (non-hydrogen) atoms. The molecule has 0 radical (unpaired) electrons. The summed E-state index contributed by atoms with van der Waals surface area (Å²) >= 11 is 3.13. The molecule has 0 bridgehead atoms. The zero-order valence-electron chi connectivity index (χ0n) is 7.90. The largest absolute Gasteiger partial charge is 0.328 e. The Morgan fingerprint density at radius 3 is 3.12 bits per heavy atom. The third kappa shape index (κ3) is 1.78. The van der Waals surface area contributed by atoms with E-state index in [1.165, 1.54) is 10.9 Å². The summed E-state index contributed by atoms with van der Waals surface area (Å²) in [5.74, 6) is -0.579. The van der Waals surface area contributed by atoms with Crippen LogP contribution in [0.2, 0.25) is 0 Å². The summed E-state index contributed by atoms with van der Waals surface area (Å²) in [4.78, 5) is 31.9. The first-order chi connectivity index (χ1) is 7.61. The third-order valence-electron chi connectivity index (χ3n) is 1.95. The minimum atomic E-state index is -0.579.